The highest BCUT2D eigenvalue weighted by Gasteiger charge is 2.60. The predicted octanol–water partition coefficient (Wildman–Crippen LogP) is 4.22. The van der Waals surface area contributed by atoms with Crippen molar-refractivity contribution in [3.63, 3.8) is 0 Å². The van der Waals surface area contributed by atoms with Crippen molar-refractivity contribution in [3.05, 3.63) is 53.6 Å². The Morgan fingerprint density at radius 2 is 1.89 bits per heavy atom. The van der Waals surface area contributed by atoms with E-state index in [1.807, 2.05) is 0 Å². The first-order valence-electron chi connectivity index (χ1n) is 10.6. The molecule has 7 nitrogen and oxygen atoms in total. The van der Waals surface area contributed by atoms with E-state index in [9.17, 15) is 35.2 Å². The number of ether oxygens (including phenoxy) is 1. The van der Waals surface area contributed by atoms with Crippen LogP contribution in [0.2, 0.25) is 0 Å². The normalized spacial score (nSPS) is 22.3. The van der Waals surface area contributed by atoms with Crippen LogP contribution in [-0.2, 0) is 14.8 Å². The van der Waals surface area contributed by atoms with Gasteiger partial charge in [0.15, 0.2) is 11.6 Å². The average Bonchev–Trinajstić information content (AvgIpc) is 3.14. The minimum atomic E-state index is -4.70. The van der Waals surface area contributed by atoms with E-state index in [0.717, 1.165) is 26.2 Å². The first-order valence-corrected chi connectivity index (χ1v) is 13.1. The summed E-state index contributed by atoms with van der Waals surface area (Å²) in [6.07, 6.45) is -5.28. The van der Waals surface area contributed by atoms with Crippen molar-refractivity contribution >= 4 is 39.1 Å². The molecule has 0 aromatic heterocycles. The molecular formula is C22H24F5N3O4S2. The number of amides is 1. The molecule has 0 spiro atoms. The molecule has 4 N–H and O–H groups in total. The number of carbonyl (C=O) groups excluding carboxylic acids is 1. The van der Waals surface area contributed by atoms with Gasteiger partial charge < -0.3 is 15.8 Å². The van der Waals surface area contributed by atoms with Crippen LogP contribution in [0.15, 0.2) is 36.4 Å². The largest absolute Gasteiger partial charge is 0.493 e. The topological polar surface area (TPSA) is 111 Å². The second kappa shape index (κ2) is 10.4. The smallest absolute Gasteiger partial charge is 0.403 e. The fourth-order valence-electron chi connectivity index (χ4n) is 3.93. The predicted molar refractivity (Wildman–Crippen MR) is 128 cm³/mol. The Morgan fingerprint density at radius 1 is 1.22 bits per heavy atom. The summed E-state index contributed by atoms with van der Waals surface area (Å²) in [6, 6.07) is 7.46. The molecule has 3 unspecified atom stereocenters. The first-order chi connectivity index (χ1) is 16.7. The molecule has 0 saturated carbocycles. The van der Waals surface area contributed by atoms with Crippen LogP contribution in [-0.4, -0.2) is 49.9 Å². The molecular weight excluding hydrogens is 529 g/mol. The van der Waals surface area contributed by atoms with Crippen molar-refractivity contribution in [1.82, 2.24) is 0 Å². The number of thioether (sulfide) groups is 1. The lowest BCUT2D eigenvalue weighted by atomic mass is 9.85. The molecule has 36 heavy (non-hydrogen) atoms. The Morgan fingerprint density at radius 3 is 2.50 bits per heavy atom. The number of sulfonamides is 1. The van der Waals surface area contributed by atoms with E-state index in [-0.39, 0.29) is 29.2 Å². The molecule has 198 valence electrons. The van der Waals surface area contributed by atoms with Crippen LogP contribution < -0.4 is 20.5 Å². The molecule has 14 heteroatoms. The maximum atomic E-state index is 14.4. The van der Waals surface area contributed by atoms with Crippen LogP contribution >= 0.6 is 11.8 Å². The van der Waals surface area contributed by atoms with Crippen LogP contribution in [0.1, 0.15) is 24.8 Å². The highest BCUT2D eigenvalue weighted by Crippen LogP contribution is 2.59. The standard InChI is InChI=1S/C22H24F5N3O4S2/c1-21(22(25,26)27)11-15(14-6-7-16(23)17(24)18(14)34-2)19(35-21)20(31)29-12-4-3-5-13(10-12)30-36(32,33)9-8-28/h3-7,10,15,19,30H,8-9,11,28H2,1-2H3,(H,29,31). The molecule has 0 aliphatic carbocycles. The summed E-state index contributed by atoms with van der Waals surface area (Å²) in [7, 11) is -2.68. The lowest BCUT2D eigenvalue weighted by Crippen LogP contribution is -2.37. The number of anilines is 2. The molecule has 2 aromatic carbocycles. The van der Waals surface area contributed by atoms with Crippen molar-refractivity contribution in [2.24, 2.45) is 5.73 Å². The molecule has 3 rings (SSSR count). The van der Waals surface area contributed by atoms with Crippen molar-refractivity contribution < 1.29 is 39.9 Å². The summed E-state index contributed by atoms with van der Waals surface area (Å²) in [4.78, 5) is 13.2. The van der Waals surface area contributed by atoms with Crippen molar-refractivity contribution in [3.8, 4) is 5.75 Å². The van der Waals surface area contributed by atoms with E-state index in [1.54, 1.807) is 0 Å². The van der Waals surface area contributed by atoms with E-state index in [4.69, 9.17) is 10.5 Å². The SMILES string of the molecule is COc1c(C2CC(C)(C(F)(F)F)SC2C(=O)Nc2cccc(NS(=O)(=O)CCN)c2)ccc(F)c1F. The molecule has 1 heterocycles. The molecule has 1 aliphatic rings. The highest BCUT2D eigenvalue weighted by molar-refractivity contribution is 8.02. The molecule has 3 atom stereocenters. The van der Waals surface area contributed by atoms with Crippen molar-refractivity contribution in [2.45, 2.75) is 35.4 Å². The molecule has 1 aliphatic heterocycles. The molecule has 1 saturated heterocycles. The van der Waals surface area contributed by atoms with Crippen LogP contribution in [0.5, 0.6) is 5.75 Å². The van der Waals surface area contributed by atoms with Gasteiger partial charge in [-0.25, -0.2) is 12.8 Å². The molecule has 1 amide bonds. The number of nitrogens with one attached hydrogen (secondary N) is 2. The number of rotatable bonds is 8. The van der Waals surface area contributed by atoms with Gasteiger partial charge in [-0.15, -0.1) is 11.8 Å². The Labute approximate surface area is 209 Å². The summed E-state index contributed by atoms with van der Waals surface area (Å²) >= 11 is 0.366. The number of carbonyl (C=O) groups is 1. The van der Waals surface area contributed by atoms with Gasteiger partial charge in [-0.05, 0) is 37.6 Å². The third kappa shape index (κ3) is 5.86. The monoisotopic (exact) mass is 553 g/mol. The summed E-state index contributed by atoms with van der Waals surface area (Å²) in [6.45, 7) is 0.828. The maximum absolute atomic E-state index is 14.4. The number of hydrogen-bond acceptors (Lipinski definition) is 6. The number of benzene rings is 2. The van der Waals surface area contributed by atoms with Gasteiger partial charge in [0.25, 0.3) is 0 Å². The van der Waals surface area contributed by atoms with Gasteiger partial charge in [0.1, 0.15) is 4.75 Å². The number of methoxy groups -OCH3 is 1. The second-order valence-electron chi connectivity index (χ2n) is 8.34. The minimum absolute atomic E-state index is 0.0691. The summed E-state index contributed by atoms with van der Waals surface area (Å²) in [5.74, 6) is -5.51. The Kier molecular flexibility index (Phi) is 8.10. The van der Waals surface area contributed by atoms with Gasteiger partial charge in [0.05, 0.1) is 23.8 Å². The van der Waals surface area contributed by atoms with Gasteiger partial charge in [0.2, 0.25) is 21.7 Å². The highest BCUT2D eigenvalue weighted by atomic mass is 32.2. The third-order valence-electron chi connectivity index (χ3n) is 5.69. The zero-order chi connectivity index (χ0) is 26.9. The van der Waals surface area contributed by atoms with E-state index >= 15 is 0 Å². The fraction of sp³-hybridized carbons (Fsp3) is 0.409. The van der Waals surface area contributed by atoms with E-state index in [2.05, 4.69) is 10.0 Å². The molecule has 2 aromatic rings. The Bertz CT molecular complexity index is 1240. The lowest BCUT2D eigenvalue weighted by molar-refractivity contribution is -0.155. The van der Waals surface area contributed by atoms with Gasteiger partial charge in [-0.3, -0.25) is 9.52 Å². The van der Waals surface area contributed by atoms with Crippen LogP contribution in [0.25, 0.3) is 0 Å². The van der Waals surface area contributed by atoms with E-state index in [1.165, 1.54) is 24.3 Å². The lowest BCUT2D eigenvalue weighted by Gasteiger charge is -2.26. The van der Waals surface area contributed by atoms with Crippen LogP contribution in [0, 0.1) is 11.6 Å². The molecule has 0 radical (unpaired) electrons. The second-order valence-corrected chi connectivity index (χ2v) is 11.8. The number of alkyl halides is 3. The zero-order valence-corrected chi connectivity index (χ0v) is 20.8. The number of halogens is 5. The average molecular weight is 554 g/mol. The summed E-state index contributed by atoms with van der Waals surface area (Å²) in [5, 5.41) is 1.15. The quantitative estimate of drug-likeness (QED) is 0.423. The third-order valence-corrected chi connectivity index (χ3v) is 8.73. The van der Waals surface area contributed by atoms with Crippen molar-refractivity contribution in [1.29, 1.82) is 0 Å². The van der Waals surface area contributed by atoms with Gasteiger partial charge in [0, 0.05) is 23.7 Å². The summed E-state index contributed by atoms with van der Waals surface area (Å²) < 4.78 is 98.6. The molecule has 0 bridgehead atoms. The van der Waals surface area contributed by atoms with E-state index in [0.29, 0.717) is 11.8 Å². The van der Waals surface area contributed by atoms with Crippen LogP contribution in [0.3, 0.4) is 0 Å². The van der Waals surface area contributed by atoms with Gasteiger partial charge in [-0.1, -0.05) is 12.1 Å². The first kappa shape index (κ1) is 28.0. The minimum Gasteiger partial charge on any atom is -0.493 e. The molecule has 1 fully saturated rings. The number of hydrogen-bond donors (Lipinski definition) is 3. The fourth-order valence-corrected chi connectivity index (χ4v) is 6.38. The Balaban J connectivity index is 1.94. The van der Waals surface area contributed by atoms with Crippen molar-refractivity contribution in [2.75, 3.05) is 29.4 Å². The maximum Gasteiger partial charge on any atom is 0.403 e. The van der Waals surface area contributed by atoms with E-state index < -0.39 is 61.8 Å². The van der Waals surface area contributed by atoms with Crippen LogP contribution in [0.4, 0.5) is 33.3 Å². The van der Waals surface area contributed by atoms with Gasteiger partial charge in [-0.2, -0.15) is 17.6 Å². The van der Waals surface area contributed by atoms with Gasteiger partial charge >= 0.3 is 6.18 Å². The Hall–Kier alpha value is -2.58. The number of nitrogens with two attached hydrogens (primary N) is 1. The zero-order valence-electron chi connectivity index (χ0n) is 19.2. The summed E-state index contributed by atoms with van der Waals surface area (Å²) in [5.41, 5.74) is 5.43.